The normalized spacial score (nSPS) is 19.1. The molecule has 1 unspecified atom stereocenters. The van der Waals surface area contributed by atoms with Gasteiger partial charge in [-0.1, -0.05) is 18.2 Å². The average molecular weight is 215 g/mol. The maximum Gasteiger partial charge on any atom is 0.210 e. The van der Waals surface area contributed by atoms with Gasteiger partial charge in [-0.15, -0.1) is 0 Å². The number of rotatable bonds is 1. The number of aromatic nitrogens is 1. The first kappa shape index (κ1) is 9.30. The molecule has 4 nitrogen and oxygen atoms in total. The maximum atomic E-state index is 11.7. The first-order chi connectivity index (χ1) is 7.74. The first-order valence-electron chi connectivity index (χ1n) is 5.02. The molecule has 1 aliphatic heterocycles. The molecule has 0 fully saturated rings. The van der Waals surface area contributed by atoms with Crippen LogP contribution in [0.5, 0.6) is 0 Å². The number of nitrogens with zero attached hydrogens (tertiary/aromatic N) is 1. The minimum absolute atomic E-state index is 0.239. The molecule has 1 aliphatic rings. The van der Waals surface area contributed by atoms with Gasteiger partial charge in [-0.05, 0) is 6.07 Å². The number of Topliss-reactive ketones (excluding diaryl/α,β-unsaturated/α-hetero) is 1. The second-order valence-corrected chi connectivity index (χ2v) is 3.89. The fourth-order valence-corrected chi connectivity index (χ4v) is 2.32. The van der Waals surface area contributed by atoms with Crippen molar-refractivity contribution in [3.8, 4) is 0 Å². The monoisotopic (exact) mass is 215 g/mol. The quantitative estimate of drug-likeness (QED) is 0.722. The zero-order chi connectivity index (χ0) is 11.3. The summed E-state index contributed by atoms with van der Waals surface area (Å²) in [5, 5.41) is 10.3. The zero-order valence-corrected chi connectivity index (χ0v) is 8.38. The summed E-state index contributed by atoms with van der Waals surface area (Å²) < 4.78 is 1.71. The smallest absolute Gasteiger partial charge is 0.210 e. The highest BCUT2D eigenvalue weighted by Crippen LogP contribution is 2.30. The van der Waals surface area contributed by atoms with Crippen LogP contribution in [0.15, 0.2) is 24.3 Å². The van der Waals surface area contributed by atoms with E-state index in [0.717, 1.165) is 10.9 Å². The van der Waals surface area contributed by atoms with Crippen LogP contribution < -0.4 is 0 Å². The molecule has 2 aromatic rings. The molecule has 4 heteroatoms. The molecular weight excluding hydrogens is 206 g/mol. The van der Waals surface area contributed by atoms with Crippen molar-refractivity contribution in [1.29, 1.82) is 0 Å². The molecule has 0 spiro atoms. The minimum atomic E-state index is -1.02. The van der Waals surface area contributed by atoms with Gasteiger partial charge < -0.3 is 9.67 Å². The van der Waals surface area contributed by atoms with E-state index in [2.05, 4.69) is 0 Å². The van der Waals surface area contributed by atoms with Crippen molar-refractivity contribution in [2.75, 3.05) is 0 Å². The predicted octanol–water partition coefficient (Wildman–Crippen LogP) is 1.01. The fourth-order valence-electron chi connectivity index (χ4n) is 2.32. The van der Waals surface area contributed by atoms with Gasteiger partial charge in [0, 0.05) is 10.9 Å². The number of fused-ring (bicyclic) bond motifs is 3. The Morgan fingerprint density at radius 3 is 2.88 bits per heavy atom. The molecule has 1 N–H and O–H groups in total. The summed E-state index contributed by atoms with van der Waals surface area (Å²) in [7, 11) is 0. The van der Waals surface area contributed by atoms with E-state index < -0.39 is 6.10 Å². The van der Waals surface area contributed by atoms with Crippen molar-refractivity contribution in [3.63, 3.8) is 0 Å². The summed E-state index contributed by atoms with van der Waals surface area (Å²) in [6.45, 7) is 0.239. The number of benzene rings is 1. The van der Waals surface area contributed by atoms with Crippen molar-refractivity contribution in [2.45, 2.75) is 12.6 Å². The predicted molar refractivity (Wildman–Crippen MR) is 57.7 cm³/mol. The van der Waals surface area contributed by atoms with E-state index in [4.69, 9.17) is 0 Å². The third-order valence-electron chi connectivity index (χ3n) is 3.02. The Hall–Kier alpha value is -1.94. The fraction of sp³-hybridized carbons (Fsp3) is 0.167. The zero-order valence-electron chi connectivity index (χ0n) is 8.38. The van der Waals surface area contributed by atoms with Crippen molar-refractivity contribution in [3.05, 3.63) is 35.5 Å². The number of aliphatic hydroxyl groups is 1. The third-order valence-corrected chi connectivity index (χ3v) is 3.02. The van der Waals surface area contributed by atoms with Crippen LogP contribution >= 0.6 is 0 Å². The molecule has 0 saturated heterocycles. The minimum Gasteiger partial charge on any atom is -0.383 e. The lowest BCUT2D eigenvalue weighted by molar-refractivity contribution is 0.0771. The molecule has 0 amide bonds. The second-order valence-electron chi connectivity index (χ2n) is 3.89. The maximum absolute atomic E-state index is 11.7. The molecule has 0 radical (unpaired) electrons. The lowest BCUT2D eigenvalue weighted by Crippen LogP contribution is -2.15. The average Bonchev–Trinajstić information content (AvgIpc) is 2.76. The van der Waals surface area contributed by atoms with Gasteiger partial charge in [0.2, 0.25) is 5.78 Å². The van der Waals surface area contributed by atoms with Crippen LogP contribution in [0.4, 0.5) is 0 Å². The van der Waals surface area contributed by atoms with E-state index in [1.807, 2.05) is 24.3 Å². The Bertz CT molecular complexity index is 612. The highest BCUT2D eigenvalue weighted by Gasteiger charge is 2.33. The summed E-state index contributed by atoms with van der Waals surface area (Å²) in [4.78, 5) is 22.8. The van der Waals surface area contributed by atoms with Gasteiger partial charge in [-0.3, -0.25) is 9.59 Å². The van der Waals surface area contributed by atoms with E-state index in [-0.39, 0.29) is 12.3 Å². The molecule has 1 atom stereocenters. The molecule has 80 valence electrons. The molecule has 1 aromatic carbocycles. The molecule has 16 heavy (non-hydrogen) atoms. The number of aldehydes is 1. The molecule has 3 rings (SSSR count). The standard InChI is InChI=1S/C12H9NO3/c14-6-8-7-3-1-2-4-9(7)13-5-10(15)12(16)11(8)13/h1-4,6,10,15H,5H2. The molecule has 0 aliphatic carbocycles. The molecule has 1 aromatic heterocycles. The van der Waals surface area contributed by atoms with Crippen LogP contribution in [0.3, 0.4) is 0 Å². The number of hydrogen-bond acceptors (Lipinski definition) is 3. The van der Waals surface area contributed by atoms with Crippen LogP contribution in [0.2, 0.25) is 0 Å². The second kappa shape index (κ2) is 3.02. The van der Waals surface area contributed by atoms with E-state index >= 15 is 0 Å². The lowest BCUT2D eigenvalue weighted by Gasteiger charge is -2.00. The summed E-state index contributed by atoms with van der Waals surface area (Å²) in [5.41, 5.74) is 1.55. The number of para-hydroxylation sites is 1. The SMILES string of the molecule is O=Cc1c2n(c3ccccc13)CC(O)C2=O. The van der Waals surface area contributed by atoms with Crippen molar-refractivity contribution in [1.82, 2.24) is 4.57 Å². The molecule has 2 heterocycles. The number of carbonyl (C=O) groups is 2. The van der Waals surface area contributed by atoms with Gasteiger partial charge in [-0.2, -0.15) is 0 Å². The highest BCUT2D eigenvalue weighted by atomic mass is 16.3. The van der Waals surface area contributed by atoms with E-state index in [0.29, 0.717) is 17.5 Å². The van der Waals surface area contributed by atoms with E-state index in [1.54, 1.807) is 4.57 Å². The van der Waals surface area contributed by atoms with Gasteiger partial charge in [0.05, 0.1) is 17.8 Å². The van der Waals surface area contributed by atoms with Crippen LogP contribution in [-0.2, 0) is 6.54 Å². The summed E-state index contributed by atoms with van der Waals surface area (Å²) >= 11 is 0. The van der Waals surface area contributed by atoms with E-state index in [1.165, 1.54) is 0 Å². The van der Waals surface area contributed by atoms with Crippen LogP contribution in [-0.4, -0.2) is 27.8 Å². The highest BCUT2D eigenvalue weighted by molar-refractivity contribution is 6.13. The molecule has 0 bridgehead atoms. The van der Waals surface area contributed by atoms with Gasteiger partial charge >= 0.3 is 0 Å². The van der Waals surface area contributed by atoms with Crippen molar-refractivity contribution >= 4 is 23.0 Å². The lowest BCUT2D eigenvalue weighted by atomic mass is 10.1. The summed E-state index contributed by atoms with van der Waals surface area (Å²) in [6.07, 6.45) is -0.331. The van der Waals surface area contributed by atoms with Gasteiger partial charge in [0.15, 0.2) is 6.29 Å². The van der Waals surface area contributed by atoms with Gasteiger partial charge in [0.1, 0.15) is 6.10 Å². The third kappa shape index (κ3) is 0.967. The van der Waals surface area contributed by atoms with Crippen LogP contribution in [0, 0.1) is 0 Å². The topological polar surface area (TPSA) is 59.3 Å². The Kier molecular flexibility index (Phi) is 1.76. The Balaban J connectivity index is 2.46. The molecular formula is C12H9NO3. The van der Waals surface area contributed by atoms with Crippen LogP contribution in [0.1, 0.15) is 20.8 Å². The molecule has 0 saturated carbocycles. The van der Waals surface area contributed by atoms with Gasteiger partial charge in [-0.25, -0.2) is 0 Å². The summed E-state index contributed by atoms with van der Waals surface area (Å²) in [6, 6.07) is 7.33. The van der Waals surface area contributed by atoms with Crippen molar-refractivity contribution in [2.24, 2.45) is 0 Å². The number of aliphatic hydroxyl groups excluding tert-OH is 1. The van der Waals surface area contributed by atoms with Crippen LogP contribution in [0.25, 0.3) is 10.9 Å². The Labute approximate surface area is 91.1 Å². The summed E-state index contributed by atoms with van der Waals surface area (Å²) in [5.74, 6) is -0.363. The number of carbonyl (C=O) groups excluding carboxylic acids is 2. The van der Waals surface area contributed by atoms with E-state index in [9.17, 15) is 14.7 Å². The van der Waals surface area contributed by atoms with Crippen molar-refractivity contribution < 1.29 is 14.7 Å². The number of ketones is 1. The number of hydrogen-bond donors (Lipinski definition) is 1. The first-order valence-corrected chi connectivity index (χ1v) is 5.02. The Morgan fingerprint density at radius 1 is 1.38 bits per heavy atom. The largest absolute Gasteiger partial charge is 0.383 e. The Morgan fingerprint density at radius 2 is 2.12 bits per heavy atom. The van der Waals surface area contributed by atoms with Gasteiger partial charge in [0.25, 0.3) is 0 Å².